The maximum Gasteiger partial charge on any atom is 0.254 e. The zero-order chi connectivity index (χ0) is 21.5. The summed E-state index contributed by atoms with van der Waals surface area (Å²) in [6.07, 6.45) is 1.83. The Balaban J connectivity index is 1.21. The molecule has 5 nitrogen and oxygen atoms in total. The van der Waals surface area contributed by atoms with Gasteiger partial charge in [0.2, 0.25) is 5.95 Å². The molecule has 0 aliphatic carbocycles. The van der Waals surface area contributed by atoms with Crippen molar-refractivity contribution in [3.05, 3.63) is 89.9 Å². The van der Waals surface area contributed by atoms with Gasteiger partial charge in [0.1, 0.15) is 0 Å². The van der Waals surface area contributed by atoms with Crippen molar-refractivity contribution in [2.45, 2.75) is 6.04 Å². The number of hydrogen-bond acceptors (Lipinski definition) is 5. The largest absolute Gasteiger partial charge is 0.336 e. The number of nitrogens with zero attached hydrogens (tertiary/aromatic N) is 4. The Kier molecular flexibility index (Phi) is 4.72. The van der Waals surface area contributed by atoms with Crippen LogP contribution in [0.5, 0.6) is 0 Å². The van der Waals surface area contributed by atoms with Crippen LogP contribution in [-0.2, 0) is 0 Å². The summed E-state index contributed by atoms with van der Waals surface area (Å²) >= 11 is 1.67. The second kappa shape index (κ2) is 7.88. The van der Waals surface area contributed by atoms with Gasteiger partial charge in [-0.25, -0.2) is 9.97 Å². The van der Waals surface area contributed by atoms with Gasteiger partial charge < -0.3 is 9.80 Å². The lowest BCUT2D eigenvalue weighted by Gasteiger charge is -2.43. The smallest absolute Gasteiger partial charge is 0.254 e. The van der Waals surface area contributed by atoms with Gasteiger partial charge in [-0.3, -0.25) is 4.79 Å². The van der Waals surface area contributed by atoms with Gasteiger partial charge in [-0.2, -0.15) is 0 Å². The first-order chi connectivity index (χ1) is 15.8. The first-order valence-corrected chi connectivity index (χ1v) is 11.7. The van der Waals surface area contributed by atoms with Crippen LogP contribution in [0.1, 0.15) is 10.4 Å². The summed E-state index contributed by atoms with van der Waals surface area (Å²) < 4.78 is 0. The number of aromatic nitrogens is 2. The summed E-state index contributed by atoms with van der Waals surface area (Å²) in [5, 5.41) is 2.05. The molecule has 4 heterocycles. The molecule has 0 saturated carbocycles. The first-order valence-electron chi connectivity index (χ1n) is 10.9. The number of carbonyl (C=O) groups excluding carboxylic acids is 1. The fourth-order valence-electron chi connectivity index (χ4n) is 4.78. The Morgan fingerprint density at radius 3 is 2.59 bits per heavy atom. The van der Waals surface area contributed by atoms with E-state index in [-0.39, 0.29) is 11.9 Å². The van der Waals surface area contributed by atoms with Crippen LogP contribution in [0.2, 0.25) is 0 Å². The van der Waals surface area contributed by atoms with Crippen LogP contribution < -0.4 is 4.90 Å². The zero-order valence-corrected chi connectivity index (χ0v) is 18.3. The molecular formula is C26H22N4OS. The van der Waals surface area contributed by atoms with Crippen LogP contribution in [-0.4, -0.2) is 46.5 Å². The number of rotatable bonds is 4. The molecule has 2 fully saturated rings. The van der Waals surface area contributed by atoms with Crippen LogP contribution in [0.3, 0.4) is 0 Å². The second-order valence-corrected chi connectivity index (χ2v) is 9.27. The van der Waals surface area contributed by atoms with Gasteiger partial charge in [0.15, 0.2) is 0 Å². The van der Waals surface area contributed by atoms with E-state index in [9.17, 15) is 4.79 Å². The molecule has 0 radical (unpaired) electrons. The third-order valence-corrected chi connectivity index (χ3v) is 7.34. The van der Waals surface area contributed by atoms with Crippen molar-refractivity contribution in [3.63, 3.8) is 0 Å². The molecule has 2 aliphatic rings. The Morgan fingerprint density at radius 1 is 0.906 bits per heavy atom. The molecule has 0 N–H and O–H groups in total. The van der Waals surface area contributed by atoms with Crippen LogP contribution in [0, 0.1) is 5.92 Å². The summed E-state index contributed by atoms with van der Waals surface area (Å²) in [6.45, 7) is 2.39. The molecule has 158 valence electrons. The predicted molar refractivity (Wildman–Crippen MR) is 128 cm³/mol. The topological polar surface area (TPSA) is 49.3 Å². The molecule has 4 aromatic rings. The fraction of sp³-hybridized carbons (Fsp3) is 0.192. The normalized spacial score (nSPS) is 19.5. The van der Waals surface area contributed by atoms with Crippen molar-refractivity contribution in [2.24, 2.45) is 5.92 Å². The van der Waals surface area contributed by atoms with Crippen LogP contribution in [0.25, 0.3) is 21.7 Å². The van der Waals surface area contributed by atoms with Crippen molar-refractivity contribution < 1.29 is 4.79 Å². The van der Waals surface area contributed by atoms with E-state index in [2.05, 4.69) is 28.1 Å². The Bertz CT molecular complexity index is 1260. The lowest BCUT2D eigenvalue weighted by atomic mass is 9.92. The number of fused-ring (bicyclic) bond motifs is 1. The van der Waals surface area contributed by atoms with E-state index in [4.69, 9.17) is 4.98 Å². The maximum atomic E-state index is 13.4. The minimum Gasteiger partial charge on any atom is -0.336 e. The number of likely N-dealkylation sites (tertiary alicyclic amines) is 1. The number of thiophene rings is 1. The standard InChI is InChI=1S/C26H22N4OS/c31-25(21-10-5-4-9-20(21)24-11-6-14-32-24)29-15-19-16-30(23(19)17-29)26-27-13-12-22(28-26)18-7-2-1-3-8-18/h1-14,19,23H,15-17H2/t19-,23-/m1/s1. The van der Waals surface area contributed by atoms with E-state index in [1.807, 2.05) is 71.1 Å². The zero-order valence-electron chi connectivity index (χ0n) is 17.5. The average Bonchev–Trinajstić information content (AvgIpc) is 3.49. The highest BCUT2D eigenvalue weighted by molar-refractivity contribution is 7.13. The molecule has 1 amide bonds. The van der Waals surface area contributed by atoms with Crippen LogP contribution >= 0.6 is 11.3 Å². The van der Waals surface area contributed by atoms with Gasteiger partial charge in [-0.15, -0.1) is 11.3 Å². The quantitative estimate of drug-likeness (QED) is 0.458. The highest BCUT2D eigenvalue weighted by Crippen LogP contribution is 2.37. The summed E-state index contributed by atoms with van der Waals surface area (Å²) in [6, 6.07) is 24.4. The monoisotopic (exact) mass is 438 g/mol. The SMILES string of the molecule is O=C(c1ccccc1-c1cccs1)N1C[C@@H]2CN(c3nccc(-c4ccccc4)n3)[C@@H]2C1. The van der Waals surface area contributed by atoms with Gasteiger partial charge in [-0.05, 0) is 23.6 Å². The molecule has 0 bridgehead atoms. The first kappa shape index (κ1) is 19.2. The number of hydrogen-bond donors (Lipinski definition) is 0. The molecule has 2 aromatic heterocycles. The predicted octanol–water partition coefficient (Wildman–Crippen LogP) is 4.83. The van der Waals surface area contributed by atoms with Gasteiger partial charge >= 0.3 is 0 Å². The van der Waals surface area contributed by atoms with E-state index in [0.717, 1.165) is 46.3 Å². The van der Waals surface area contributed by atoms with Crippen molar-refractivity contribution in [2.75, 3.05) is 24.5 Å². The van der Waals surface area contributed by atoms with Crippen molar-refractivity contribution in [1.82, 2.24) is 14.9 Å². The minimum atomic E-state index is 0.113. The highest BCUT2D eigenvalue weighted by atomic mass is 32.1. The van der Waals surface area contributed by atoms with E-state index in [1.54, 1.807) is 11.3 Å². The van der Waals surface area contributed by atoms with Gasteiger partial charge in [0, 0.05) is 53.3 Å². The van der Waals surface area contributed by atoms with E-state index in [0.29, 0.717) is 12.5 Å². The average molecular weight is 439 g/mol. The van der Waals surface area contributed by atoms with Crippen LogP contribution in [0.15, 0.2) is 84.4 Å². The summed E-state index contributed by atoms with van der Waals surface area (Å²) in [5.74, 6) is 1.33. The van der Waals surface area contributed by atoms with Gasteiger partial charge in [0.05, 0.1) is 11.7 Å². The minimum absolute atomic E-state index is 0.113. The number of carbonyl (C=O) groups is 1. The Morgan fingerprint density at radius 2 is 1.75 bits per heavy atom. The molecule has 6 rings (SSSR count). The molecule has 2 atom stereocenters. The molecule has 2 saturated heterocycles. The highest BCUT2D eigenvalue weighted by Gasteiger charge is 2.48. The lowest BCUT2D eigenvalue weighted by molar-refractivity contribution is 0.0790. The molecule has 6 heteroatoms. The number of amides is 1. The van der Waals surface area contributed by atoms with Gasteiger partial charge in [0.25, 0.3) is 5.91 Å². The fourth-order valence-corrected chi connectivity index (χ4v) is 5.54. The van der Waals surface area contributed by atoms with Crippen molar-refractivity contribution in [1.29, 1.82) is 0 Å². The van der Waals surface area contributed by atoms with Crippen molar-refractivity contribution in [3.8, 4) is 21.7 Å². The summed E-state index contributed by atoms with van der Waals surface area (Å²) in [7, 11) is 0. The molecular weight excluding hydrogens is 416 g/mol. The lowest BCUT2D eigenvalue weighted by Crippen LogP contribution is -2.56. The van der Waals surface area contributed by atoms with E-state index < -0.39 is 0 Å². The second-order valence-electron chi connectivity index (χ2n) is 8.32. The summed E-state index contributed by atoms with van der Waals surface area (Å²) in [4.78, 5) is 28.2. The number of anilines is 1. The summed E-state index contributed by atoms with van der Waals surface area (Å²) in [5.41, 5.74) is 3.81. The van der Waals surface area contributed by atoms with Crippen LogP contribution in [0.4, 0.5) is 5.95 Å². The van der Waals surface area contributed by atoms with E-state index >= 15 is 0 Å². The van der Waals surface area contributed by atoms with Gasteiger partial charge in [-0.1, -0.05) is 54.6 Å². The Hall–Kier alpha value is -3.51. The van der Waals surface area contributed by atoms with Crippen molar-refractivity contribution >= 4 is 23.2 Å². The number of benzene rings is 2. The maximum absolute atomic E-state index is 13.4. The molecule has 0 unspecified atom stereocenters. The van der Waals surface area contributed by atoms with E-state index in [1.165, 1.54) is 0 Å². The third kappa shape index (κ3) is 3.28. The molecule has 0 spiro atoms. The molecule has 32 heavy (non-hydrogen) atoms. The Labute approximate surface area is 191 Å². The molecule has 2 aromatic carbocycles. The third-order valence-electron chi connectivity index (χ3n) is 6.44. The molecule has 2 aliphatic heterocycles.